The minimum absolute atomic E-state index is 0.177. The fourth-order valence-corrected chi connectivity index (χ4v) is 6.12. The highest BCUT2D eigenvalue weighted by Gasteiger charge is 2.22. The highest BCUT2D eigenvalue weighted by atomic mass is 32.2. The Balaban J connectivity index is 1.66. The van der Waals surface area contributed by atoms with E-state index in [2.05, 4.69) is 21.6 Å². The molecule has 8 nitrogen and oxygen atoms in total. The standard InChI is InChI=1S/C32H30N4O4S/c1-6-29(37)34-28-18-24(12-7-20(28)2)36-30(38)16-11-23-19-33-27-15-10-22(17-26(27)31(23)36)21-8-13-25(14-9-21)41(39,40)35-32(3,4)5/h6-19,35H,1H2,2-5H3,(H,34,37). The van der Waals surface area contributed by atoms with Crippen LogP contribution in [-0.2, 0) is 14.8 Å². The lowest BCUT2D eigenvalue weighted by atomic mass is 10.0. The first-order chi connectivity index (χ1) is 19.4. The van der Waals surface area contributed by atoms with Crippen molar-refractivity contribution < 1.29 is 13.2 Å². The lowest BCUT2D eigenvalue weighted by Crippen LogP contribution is -2.40. The summed E-state index contributed by atoms with van der Waals surface area (Å²) in [5.41, 5.74) is 4.18. The summed E-state index contributed by atoms with van der Waals surface area (Å²) in [6, 6.07) is 21.1. The molecule has 41 heavy (non-hydrogen) atoms. The molecular weight excluding hydrogens is 536 g/mol. The van der Waals surface area contributed by atoms with Gasteiger partial charge in [0, 0.05) is 34.3 Å². The molecule has 2 N–H and O–H groups in total. The molecule has 0 radical (unpaired) electrons. The maximum atomic E-state index is 13.3. The number of hydrogen-bond donors (Lipinski definition) is 2. The number of anilines is 1. The minimum Gasteiger partial charge on any atom is -0.322 e. The SMILES string of the molecule is C=CC(=O)Nc1cc(-n2c(=O)ccc3cnc4ccc(-c5ccc(S(=O)(=O)NC(C)(C)C)cc5)cc4c32)ccc1C. The third-order valence-corrected chi connectivity index (χ3v) is 8.35. The Morgan fingerprint density at radius 2 is 1.66 bits per heavy atom. The lowest BCUT2D eigenvalue weighted by Gasteiger charge is -2.20. The number of hydrogen-bond acceptors (Lipinski definition) is 5. The van der Waals surface area contributed by atoms with Crippen molar-refractivity contribution in [1.29, 1.82) is 0 Å². The number of benzene rings is 3. The number of rotatable bonds is 6. The number of carbonyl (C=O) groups excluding carboxylic acids is 1. The molecule has 0 bridgehead atoms. The zero-order valence-electron chi connectivity index (χ0n) is 23.2. The van der Waals surface area contributed by atoms with Gasteiger partial charge in [0.05, 0.1) is 21.6 Å². The van der Waals surface area contributed by atoms with Crippen molar-refractivity contribution in [2.75, 3.05) is 5.32 Å². The molecule has 0 aliphatic rings. The minimum atomic E-state index is -3.67. The molecule has 0 saturated carbocycles. The van der Waals surface area contributed by atoms with Crippen molar-refractivity contribution in [3.05, 3.63) is 108 Å². The van der Waals surface area contributed by atoms with Crippen molar-refractivity contribution in [3.8, 4) is 16.8 Å². The molecule has 0 unspecified atom stereocenters. The first-order valence-corrected chi connectivity index (χ1v) is 14.5. The van der Waals surface area contributed by atoms with Gasteiger partial charge in [0.1, 0.15) is 0 Å². The van der Waals surface area contributed by atoms with E-state index < -0.39 is 15.6 Å². The van der Waals surface area contributed by atoms with Crippen molar-refractivity contribution in [2.45, 2.75) is 38.1 Å². The molecule has 9 heteroatoms. The van der Waals surface area contributed by atoms with E-state index in [0.717, 1.165) is 27.5 Å². The Morgan fingerprint density at radius 1 is 0.951 bits per heavy atom. The number of aryl methyl sites for hydroxylation is 1. The summed E-state index contributed by atoms with van der Waals surface area (Å²) in [7, 11) is -3.67. The summed E-state index contributed by atoms with van der Waals surface area (Å²) in [5, 5.41) is 4.32. The number of pyridine rings is 2. The molecule has 0 spiro atoms. The number of amides is 1. The lowest BCUT2D eigenvalue weighted by molar-refractivity contribution is -0.111. The third-order valence-electron chi connectivity index (χ3n) is 6.58. The van der Waals surface area contributed by atoms with E-state index in [9.17, 15) is 18.0 Å². The van der Waals surface area contributed by atoms with E-state index in [4.69, 9.17) is 0 Å². The van der Waals surface area contributed by atoms with Crippen LogP contribution in [0, 0.1) is 6.92 Å². The van der Waals surface area contributed by atoms with Gasteiger partial charge in [-0.2, -0.15) is 0 Å². The number of aromatic nitrogens is 2. The first kappa shape index (κ1) is 27.9. The van der Waals surface area contributed by atoms with Gasteiger partial charge in [0.25, 0.3) is 5.56 Å². The topological polar surface area (TPSA) is 110 Å². The average Bonchev–Trinajstić information content (AvgIpc) is 2.92. The van der Waals surface area contributed by atoms with Crippen LogP contribution in [0.4, 0.5) is 5.69 Å². The third kappa shape index (κ3) is 5.68. The summed E-state index contributed by atoms with van der Waals surface area (Å²) >= 11 is 0. The maximum Gasteiger partial charge on any atom is 0.255 e. The molecule has 0 aliphatic heterocycles. The Labute approximate surface area is 238 Å². The summed E-state index contributed by atoms with van der Waals surface area (Å²) in [6.45, 7) is 10.8. The van der Waals surface area contributed by atoms with Gasteiger partial charge in [0.15, 0.2) is 0 Å². The van der Waals surface area contributed by atoms with Gasteiger partial charge in [0.2, 0.25) is 15.9 Å². The summed E-state index contributed by atoms with van der Waals surface area (Å²) in [4.78, 5) is 30.1. The summed E-state index contributed by atoms with van der Waals surface area (Å²) < 4.78 is 29.8. The van der Waals surface area contributed by atoms with E-state index in [1.54, 1.807) is 67.9 Å². The van der Waals surface area contributed by atoms with E-state index in [1.807, 2.05) is 37.3 Å². The van der Waals surface area contributed by atoms with Crippen LogP contribution < -0.4 is 15.6 Å². The molecule has 0 fully saturated rings. The predicted octanol–water partition coefficient (Wildman–Crippen LogP) is 5.72. The molecular formula is C32H30N4O4S. The number of carbonyl (C=O) groups is 1. The first-order valence-electron chi connectivity index (χ1n) is 13.0. The van der Waals surface area contributed by atoms with Crippen LogP contribution in [0.25, 0.3) is 38.6 Å². The highest BCUT2D eigenvalue weighted by Crippen LogP contribution is 2.31. The van der Waals surface area contributed by atoms with Crippen LogP contribution in [0.3, 0.4) is 0 Å². The highest BCUT2D eigenvalue weighted by molar-refractivity contribution is 7.89. The number of sulfonamides is 1. The summed E-state index contributed by atoms with van der Waals surface area (Å²) in [6.07, 6.45) is 2.92. The van der Waals surface area contributed by atoms with Crippen LogP contribution in [-0.4, -0.2) is 29.4 Å². The van der Waals surface area contributed by atoms with Crippen molar-refractivity contribution in [2.24, 2.45) is 0 Å². The number of nitrogens with one attached hydrogen (secondary N) is 2. The predicted molar refractivity (Wildman–Crippen MR) is 164 cm³/mol. The quantitative estimate of drug-likeness (QED) is 0.202. The van der Waals surface area contributed by atoms with Gasteiger partial charge in [-0.05, 0) is 92.9 Å². The van der Waals surface area contributed by atoms with Crippen molar-refractivity contribution in [3.63, 3.8) is 0 Å². The molecule has 0 aliphatic carbocycles. The number of nitrogens with zero attached hydrogens (tertiary/aromatic N) is 2. The van der Waals surface area contributed by atoms with Gasteiger partial charge in [-0.3, -0.25) is 19.1 Å². The Kier molecular flexibility index (Phi) is 7.10. The van der Waals surface area contributed by atoms with Gasteiger partial charge in [-0.25, -0.2) is 13.1 Å². The molecule has 208 valence electrons. The zero-order valence-corrected chi connectivity index (χ0v) is 24.0. The second kappa shape index (κ2) is 10.4. The number of fused-ring (bicyclic) bond motifs is 3. The van der Waals surface area contributed by atoms with Gasteiger partial charge >= 0.3 is 0 Å². The van der Waals surface area contributed by atoms with Crippen LogP contribution in [0.15, 0.2) is 101 Å². The van der Waals surface area contributed by atoms with Crippen LogP contribution in [0.2, 0.25) is 0 Å². The Hall–Kier alpha value is -4.60. The second-order valence-corrected chi connectivity index (χ2v) is 12.6. The fourth-order valence-electron chi connectivity index (χ4n) is 4.70. The Morgan fingerprint density at radius 3 is 2.34 bits per heavy atom. The van der Waals surface area contributed by atoms with Gasteiger partial charge in [-0.1, -0.05) is 30.8 Å². The zero-order chi connectivity index (χ0) is 29.5. The molecule has 1 amide bonds. The maximum absolute atomic E-state index is 13.3. The fraction of sp³-hybridized carbons (Fsp3) is 0.156. The average molecular weight is 567 g/mol. The van der Waals surface area contributed by atoms with Crippen molar-refractivity contribution >= 4 is 43.4 Å². The molecule has 5 aromatic rings. The molecule has 3 aromatic carbocycles. The normalized spacial score (nSPS) is 12.0. The van der Waals surface area contributed by atoms with Crippen LogP contribution >= 0.6 is 0 Å². The molecule has 0 atom stereocenters. The Bertz CT molecular complexity index is 2010. The largest absolute Gasteiger partial charge is 0.322 e. The van der Waals surface area contributed by atoms with E-state index in [-0.39, 0.29) is 16.4 Å². The van der Waals surface area contributed by atoms with Crippen molar-refractivity contribution in [1.82, 2.24) is 14.3 Å². The second-order valence-electron chi connectivity index (χ2n) is 10.9. The van der Waals surface area contributed by atoms with Crippen LogP contribution in [0.5, 0.6) is 0 Å². The molecule has 0 saturated heterocycles. The summed E-state index contributed by atoms with van der Waals surface area (Å²) in [5.74, 6) is -0.345. The van der Waals surface area contributed by atoms with Gasteiger partial charge < -0.3 is 5.32 Å². The van der Waals surface area contributed by atoms with E-state index >= 15 is 0 Å². The molecule has 2 heterocycles. The smallest absolute Gasteiger partial charge is 0.255 e. The molecule has 2 aromatic heterocycles. The monoisotopic (exact) mass is 566 g/mol. The van der Waals surface area contributed by atoms with E-state index in [0.29, 0.717) is 22.4 Å². The van der Waals surface area contributed by atoms with Crippen LogP contribution in [0.1, 0.15) is 26.3 Å². The van der Waals surface area contributed by atoms with Gasteiger partial charge in [-0.15, -0.1) is 0 Å². The molecule has 5 rings (SSSR count). The van der Waals surface area contributed by atoms with E-state index in [1.165, 1.54) is 12.1 Å².